The van der Waals surface area contributed by atoms with Gasteiger partial charge in [0.05, 0.1) is 24.7 Å². The molecule has 5 rings (SSSR count). The smallest absolute Gasteiger partial charge is 0.413 e. The lowest BCUT2D eigenvalue weighted by Crippen LogP contribution is -2.46. The maximum absolute atomic E-state index is 13.9. The fourth-order valence-corrected chi connectivity index (χ4v) is 8.47. The highest BCUT2D eigenvalue weighted by Gasteiger charge is 2.48. The molecule has 1 aromatic heterocycles. The number of halogens is 5. The van der Waals surface area contributed by atoms with Crippen molar-refractivity contribution in [2.75, 3.05) is 32.5 Å². The highest BCUT2D eigenvalue weighted by Crippen LogP contribution is 2.45. The number of nitrogen functional groups attached to an aromatic ring is 1. The molecule has 3 aromatic carbocycles. The predicted octanol–water partition coefficient (Wildman–Crippen LogP) is 6.45. The van der Waals surface area contributed by atoms with Gasteiger partial charge in [0, 0.05) is 34.8 Å². The largest absolute Gasteiger partial charge is 0.453 e. The number of nitrogens with two attached hydrogens (primary N) is 1. The number of aliphatic hydroxyl groups is 1. The molecule has 2 unspecified atom stereocenters. The van der Waals surface area contributed by atoms with Gasteiger partial charge < -0.3 is 26.2 Å². The normalized spacial score (nSPS) is 15.3. The number of carbonyl (C=O) groups excluding carboxylic acids is 2. The molecule has 1 aliphatic carbocycles. The average Bonchev–Trinajstić information content (AvgIpc) is 3.58. The molecule has 0 radical (unpaired) electrons. The maximum Gasteiger partial charge on any atom is 0.413 e. The molecule has 1 fully saturated rings. The number of aliphatic hydroxyl groups excluding tert-OH is 1. The first-order valence-electron chi connectivity index (χ1n) is 16.2. The summed E-state index contributed by atoms with van der Waals surface area (Å²) >= 11 is 0.485. The third kappa shape index (κ3) is 11.7. The van der Waals surface area contributed by atoms with Crippen LogP contribution >= 0.6 is 11.3 Å². The minimum atomic E-state index is -4.98. The second-order valence-electron chi connectivity index (χ2n) is 12.2. The first-order chi connectivity index (χ1) is 25.0. The summed E-state index contributed by atoms with van der Waals surface area (Å²) in [6.45, 7) is -2.10. The van der Waals surface area contributed by atoms with E-state index in [1.807, 2.05) is 5.32 Å². The zero-order valence-electron chi connectivity index (χ0n) is 28.4. The van der Waals surface area contributed by atoms with Crippen molar-refractivity contribution >= 4 is 39.0 Å². The number of nitrogens with zero attached hydrogens (tertiary/aromatic N) is 1. The van der Waals surface area contributed by atoms with Gasteiger partial charge in [-0.1, -0.05) is 60.7 Å². The van der Waals surface area contributed by atoms with E-state index in [2.05, 4.69) is 65.4 Å². The number of methoxy groups -OCH3 is 1. The van der Waals surface area contributed by atoms with E-state index in [-0.39, 0.29) is 15.5 Å². The number of ether oxygens (including phenoxy) is 1. The fraction of sp³-hybridized carbons (Fsp3) is 0.333. The minimum absolute atomic E-state index is 0.0150. The van der Waals surface area contributed by atoms with E-state index >= 15 is 0 Å². The quantitative estimate of drug-likeness (QED) is 0.0899. The van der Waals surface area contributed by atoms with E-state index in [4.69, 9.17) is 5.73 Å². The molecule has 1 saturated carbocycles. The Morgan fingerprint density at radius 1 is 0.943 bits per heavy atom. The molecule has 4 aromatic rings. The Morgan fingerprint density at radius 2 is 1.49 bits per heavy atom. The summed E-state index contributed by atoms with van der Waals surface area (Å²) < 4.78 is 101. The number of sulfonamides is 1. The van der Waals surface area contributed by atoms with Gasteiger partial charge in [0.1, 0.15) is 6.54 Å². The summed E-state index contributed by atoms with van der Waals surface area (Å²) in [5.74, 6) is -4.90. The van der Waals surface area contributed by atoms with Gasteiger partial charge in [0.25, 0.3) is 0 Å². The third-order valence-corrected chi connectivity index (χ3v) is 11.3. The number of carbonyl (C=O) groups is 2. The van der Waals surface area contributed by atoms with Gasteiger partial charge in [-0.3, -0.25) is 4.79 Å². The summed E-state index contributed by atoms with van der Waals surface area (Å²) in [6.07, 6.45) is -6.16. The molecule has 0 saturated heterocycles. The molecule has 5 N–H and O–H groups in total. The van der Waals surface area contributed by atoms with Gasteiger partial charge in [0.2, 0.25) is 21.9 Å². The van der Waals surface area contributed by atoms with Crippen molar-refractivity contribution in [1.29, 1.82) is 0 Å². The van der Waals surface area contributed by atoms with Gasteiger partial charge in [-0.05, 0) is 59.9 Å². The van der Waals surface area contributed by atoms with Crippen molar-refractivity contribution in [3.8, 4) is 0 Å². The van der Waals surface area contributed by atoms with Gasteiger partial charge >= 0.3 is 12.3 Å². The Hall–Kier alpha value is -4.58. The number of alkyl carbamates (subject to hydrolysis) is 1. The lowest BCUT2D eigenvalue weighted by atomic mass is 9.81. The van der Waals surface area contributed by atoms with Crippen LogP contribution in [-0.4, -0.2) is 68.7 Å². The SMILES string of the molecule is COC(=O)NCC(=O)NC(c1ccc(C(CO)N(CC2CC(F)(F)C2)S(=O)(=O)c2ccc(N)cc2)s1)C(F)(F)F.c1ccc(Cc2ccccc2)cc1. The molecular formula is C36H39F5N4O6S2. The maximum atomic E-state index is 13.9. The zero-order chi connectivity index (χ0) is 38.8. The molecule has 0 aliphatic heterocycles. The zero-order valence-corrected chi connectivity index (χ0v) is 30.1. The summed E-state index contributed by atoms with van der Waals surface area (Å²) in [5, 5.41) is 13.9. The second-order valence-corrected chi connectivity index (χ2v) is 15.3. The topological polar surface area (TPSA) is 151 Å². The lowest BCUT2D eigenvalue weighted by molar-refractivity contribution is -0.162. The summed E-state index contributed by atoms with van der Waals surface area (Å²) in [7, 11) is -3.42. The molecule has 286 valence electrons. The number of amides is 2. The second kappa shape index (κ2) is 18.0. The number of anilines is 1. The number of thiophene rings is 1. The highest BCUT2D eigenvalue weighted by atomic mass is 32.2. The van der Waals surface area contributed by atoms with Crippen LogP contribution in [0, 0.1) is 5.92 Å². The number of benzene rings is 3. The van der Waals surface area contributed by atoms with Crippen LogP contribution in [0.3, 0.4) is 0 Å². The van der Waals surface area contributed by atoms with E-state index in [1.54, 1.807) is 5.32 Å². The van der Waals surface area contributed by atoms with E-state index in [0.29, 0.717) is 11.3 Å². The Morgan fingerprint density at radius 3 is 1.98 bits per heavy atom. The van der Waals surface area contributed by atoms with Crippen LogP contribution in [0.25, 0.3) is 0 Å². The van der Waals surface area contributed by atoms with E-state index in [9.17, 15) is 45.1 Å². The van der Waals surface area contributed by atoms with Crippen molar-refractivity contribution in [3.05, 3.63) is 118 Å². The van der Waals surface area contributed by atoms with Crippen LogP contribution in [0.4, 0.5) is 32.4 Å². The Balaban J connectivity index is 0.000000401. The van der Waals surface area contributed by atoms with Crippen molar-refractivity contribution in [2.24, 2.45) is 5.92 Å². The van der Waals surface area contributed by atoms with Crippen LogP contribution in [0.1, 0.15) is 45.8 Å². The van der Waals surface area contributed by atoms with Gasteiger partial charge in [-0.25, -0.2) is 22.0 Å². The Bertz CT molecular complexity index is 1850. The monoisotopic (exact) mass is 782 g/mol. The van der Waals surface area contributed by atoms with Crippen molar-refractivity contribution in [2.45, 2.75) is 48.3 Å². The van der Waals surface area contributed by atoms with Crippen LogP contribution in [0.2, 0.25) is 0 Å². The number of alkyl halides is 5. The molecule has 2 atom stereocenters. The van der Waals surface area contributed by atoms with E-state index < -0.39 is 89.5 Å². The van der Waals surface area contributed by atoms with Gasteiger partial charge in [-0.15, -0.1) is 11.3 Å². The van der Waals surface area contributed by atoms with Crippen LogP contribution in [-0.2, 0) is 26.0 Å². The number of rotatable bonds is 13. The fourth-order valence-electron chi connectivity index (χ4n) is 5.54. The van der Waals surface area contributed by atoms with E-state index in [0.717, 1.165) is 23.9 Å². The molecule has 17 heteroatoms. The molecule has 10 nitrogen and oxygen atoms in total. The average molecular weight is 783 g/mol. The number of nitrogens with one attached hydrogen (secondary N) is 2. The molecular weight excluding hydrogens is 744 g/mol. The van der Waals surface area contributed by atoms with Gasteiger partial charge in [-0.2, -0.15) is 17.5 Å². The third-order valence-electron chi connectivity index (χ3n) is 8.19. The molecule has 2 amide bonds. The van der Waals surface area contributed by atoms with Crippen molar-refractivity contribution < 1.29 is 49.8 Å². The first-order valence-corrected chi connectivity index (χ1v) is 18.5. The highest BCUT2D eigenvalue weighted by molar-refractivity contribution is 7.89. The van der Waals surface area contributed by atoms with Crippen LogP contribution in [0.5, 0.6) is 0 Å². The van der Waals surface area contributed by atoms with E-state index in [1.165, 1.54) is 41.5 Å². The van der Waals surface area contributed by atoms with Crippen molar-refractivity contribution in [3.63, 3.8) is 0 Å². The number of hydrogen-bond donors (Lipinski definition) is 4. The Kier molecular flexibility index (Phi) is 14.0. The predicted molar refractivity (Wildman–Crippen MR) is 190 cm³/mol. The van der Waals surface area contributed by atoms with Crippen LogP contribution in [0.15, 0.2) is 102 Å². The minimum Gasteiger partial charge on any atom is -0.453 e. The molecule has 0 bridgehead atoms. The molecule has 1 aliphatic rings. The molecule has 53 heavy (non-hydrogen) atoms. The summed E-state index contributed by atoms with van der Waals surface area (Å²) in [6, 6.07) is 24.3. The van der Waals surface area contributed by atoms with Crippen LogP contribution < -0.4 is 16.4 Å². The van der Waals surface area contributed by atoms with Gasteiger partial charge in [0.15, 0.2) is 6.04 Å². The number of hydrogen-bond acceptors (Lipinski definition) is 8. The molecule has 1 heterocycles. The summed E-state index contributed by atoms with van der Waals surface area (Å²) in [5.41, 5.74) is 8.62. The summed E-state index contributed by atoms with van der Waals surface area (Å²) in [4.78, 5) is 22.5. The molecule has 0 spiro atoms. The van der Waals surface area contributed by atoms with Crippen molar-refractivity contribution in [1.82, 2.24) is 14.9 Å². The Labute approximate surface area is 307 Å². The first kappa shape index (κ1) is 41.2. The standard InChI is InChI=1S/C23H27F5N4O6S2.C13H12/c1-38-21(35)30-10-19(34)31-20(23(26,27)28)18-7-6-17(39-18)16(12-33)32(11-13-8-22(24,25)9-13)40(36,37)15-4-2-14(29)3-5-15;1-3-7-12(8-4-1)11-13-9-5-2-6-10-13/h2-7,13,16,20,33H,8-12,29H2,1H3,(H,30,35)(H,31,34);1-10H,11H2. The lowest BCUT2D eigenvalue weighted by Gasteiger charge is -2.39.